The van der Waals surface area contributed by atoms with Crippen LogP contribution in [-0.2, 0) is 17.6 Å². The molecule has 0 aromatic heterocycles. The van der Waals surface area contributed by atoms with Crippen molar-refractivity contribution in [3.63, 3.8) is 0 Å². The van der Waals surface area contributed by atoms with Gasteiger partial charge >= 0.3 is 0 Å². The zero-order valence-electron chi connectivity index (χ0n) is 12.0. The number of rotatable bonds is 7. The molecule has 5 heteroatoms. The van der Waals surface area contributed by atoms with Crippen LogP contribution in [0.15, 0.2) is 37.4 Å². The predicted octanol–water partition coefficient (Wildman–Crippen LogP) is 2.68. The van der Waals surface area contributed by atoms with Crippen LogP contribution in [0.1, 0.15) is 11.1 Å². The summed E-state index contributed by atoms with van der Waals surface area (Å²) in [4.78, 5) is 13.7. The van der Waals surface area contributed by atoms with Gasteiger partial charge in [0.05, 0.1) is 12.1 Å². The van der Waals surface area contributed by atoms with Gasteiger partial charge in [-0.05, 0) is 23.6 Å². The summed E-state index contributed by atoms with van der Waals surface area (Å²) in [5.74, 6) is 0.0837. The number of hydrogen-bond acceptors (Lipinski definition) is 3. The Balaban J connectivity index is 0.00000220. The fourth-order valence-corrected chi connectivity index (χ4v) is 2.50. The van der Waals surface area contributed by atoms with Crippen LogP contribution in [0, 0.1) is 0 Å². The summed E-state index contributed by atoms with van der Waals surface area (Å²) in [6.45, 7) is 9.99. The molecule has 1 heterocycles. The van der Waals surface area contributed by atoms with E-state index in [9.17, 15) is 9.90 Å². The van der Waals surface area contributed by atoms with E-state index in [0.717, 1.165) is 37.2 Å². The van der Waals surface area contributed by atoms with Crippen molar-refractivity contribution in [2.24, 2.45) is 0 Å². The summed E-state index contributed by atoms with van der Waals surface area (Å²) >= 11 is 0. The molecule has 0 bridgehead atoms. The zero-order valence-corrected chi connectivity index (χ0v) is 13.7. The summed E-state index contributed by atoms with van der Waals surface area (Å²) in [5, 5.41) is 12.5. The van der Waals surface area contributed by atoms with Crippen molar-refractivity contribution >= 4 is 28.6 Å². The minimum Gasteiger partial charge on any atom is -0.506 e. The third-order valence-electron chi connectivity index (χ3n) is 3.46. The Morgan fingerprint density at radius 1 is 1.29 bits per heavy atom. The van der Waals surface area contributed by atoms with Crippen LogP contribution in [0.25, 0.3) is 0 Å². The van der Waals surface area contributed by atoms with Gasteiger partial charge < -0.3 is 10.4 Å². The van der Waals surface area contributed by atoms with Crippen LogP contribution in [-0.4, -0.2) is 35.5 Å². The average Bonchev–Trinajstić information content (AvgIpc) is 2.81. The lowest BCUT2D eigenvalue weighted by Crippen LogP contribution is -2.26. The largest absolute Gasteiger partial charge is 0.506 e. The highest BCUT2D eigenvalue weighted by Gasteiger charge is 2.23. The average molecular weight is 353 g/mol. The second-order valence-corrected chi connectivity index (χ2v) is 4.91. The van der Waals surface area contributed by atoms with Gasteiger partial charge in [-0.15, -0.1) is 30.1 Å². The summed E-state index contributed by atoms with van der Waals surface area (Å²) < 4.78 is 0. The molecule has 0 fully saturated rings. The monoisotopic (exact) mass is 352 g/mol. The van der Waals surface area contributed by atoms with E-state index in [1.54, 1.807) is 6.07 Å². The molecule has 0 spiro atoms. The van der Waals surface area contributed by atoms with Gasteiger partial charge in [0.25, 0.3) is 0 Å². The molecule has 1 amide bonds. The molecule has 4 nitrogen and oxygen atoms in total. The highest BCUT2D eigenvalue weighted by Crippen LogP contribution is 2.35. The molecule has 0 atom stereocenters. The highest BCUT2D eigenvalue weighted by atomic mass is 79.9. The maximum atomic E-state index is 11.5. The number of halogens is 1. The van der Waals surface area contributed by atoms with E-state index in [0.29, 0.717) is 12.1 Å². The van der Waals surface area contributed by atoms with Crippen molar-refractivity contribution in [1.82, 2.24) is 4.90 Å². The van der Waals surface area contributed by atoms with Crippen LogP contribution in [0.4, 0.5) is 5.69 Å². The summed E-state index contributed by atoms with van der Waals surface area (Å²) in [7, 11) is 0. The van der Waals surface area contributed by atoms with Crippen molar-refractivity contribution in [1.29, 1.82) is 0 Å². The second kappa shape index (κ2) is 8.00. The Morgan fingerprint density at radius 3 is 2.57 bits per heavy atom. The number of aromatic hydroxyl groups is 1. The van der Waals surface area contributed by atoms with Crippen molar-refractivity contribution < 1.29 is 9.90 Å². The highest BCUT2D eigenvalue weighted by molar-refractivity contribution is 8.93. The number of phenols is 1. The molecular weight excluding hydrogens is 332 g/mol. The van der Waals surface area contributed by atoms with Crippen molar-refractivity contribution in [3.05, 3.63) is 48.6 Å². The van der Waals surface area contributed by atoms with Gasteiger partial charge in [-0.1, -0.05) is 18.2 Å². The number of benzene rings is 1. The van der Waals surface area contributed by atoms with E-state index in [1.165, 1.54) is 0 Å². The maximum absolute atomic E-state index is 11.5. The number of carbonyl (C=O) groups excluding carboxylic acids is 1. The number of fused-ring (bicyclic) bond motifs is 1. The smallest absolute Gasteiger partial charge is 0.228 e. The Morgan fingerprint density at radius 2 is 1.95 bits per heavy atom. The Kier molecular flexibility index (Phi) is 6.65. The Bertz CT molecular complexity index is 533. The number of hydrogen-bond donors (Lipinski definition) is 2. The van der Waals surface area contributed by atoms with Crippen molar-refractivity contribution in [3.8, 4) is 5.75 Å². The molecule has 1 aromatic carbocycles. The first kappa shape index (κ1) is 17.5. The minimum absolute atomic E-state index is 0. The number of nitrogens with zero attached hydrogens (tertiary/aromatic N) is 1. The lowest BCUT2D eigenvalue weighted by Gasteiger charge is -2.19. The molecule has 0 unspecified atom stereocenters. The first-order valence-electron chi connectivity index (χ1n) is 6.73. The van der Waals surface area contributed by atoms with Gasteiger partial charge in [0.15, 0.2) is 0 Å². The molecule has 0 aliphatic carbocycles. The first-order valence-corrected chi connectivity index (χ1v) is 6.73. The van der Waals surface area contributed by atoms with E-state index >= 15 is 0 Å². The van der Waals surface area contributed by atoms with E-state index in [4.69, 9.17) is 0 Å². The predicted molar refractivity (Wildman–Crippen MR) is 91.3 cm³/mol. The normalized spacial score (nSPS) is 12.5. The number of nitrogens with one attached hydrogen (secondary N) is 1. The van der Waals surface area contributed by atoms with E-state index < -0.39 is 0 Å². The molecule has 1 aromatic rings. The van der Waals surface area contributed by atoms with E-state index in [-0.39, 0.29) is 28.6 Å². The Hall–Kier alpha value is -1.59. The number of amides is 1. The standard InChI is InChI=1S/C16H20N2O2.BrH/c1-3-8-18(9-4-2)10-7-12-5-6-14(19)16-13(12)11-15(20)17-16;/h3-6,19H,1-2,7-11H2,(H,17,20);1H. The molecule has 0 radical (unpaired) electrons. The fraction of sp³-hybridized carbons (Fsp3) is 0.312. The van der Waals surface area contributed by atoms with Crippen LogP contribution >= 0.6 is 17.0 Å². The maximum Gasteiger partial charge on any atom is 0.228 e. The van der Waals surface area contributed by atoms with Crippen LogP contribution in [0.5, 0.6) is 5.75 Å². The first-order chi connectivity index (χ1) is 9.65. The van der Waals surface area contributed by atoms with Gasteiger partial charge in [-0.3, -0.25) is 9.69 Å². The summed E-state index contributed by atoms with van der Waals surface area (Å²) in [6.07, 6.45) is 4.92. The van der Waals surface area contributed by atoms with Crippen molar-refractivity contribution in [2.45, 2.75) is 12.8 Å². The molecule has 0 saturated heterocycles. The number of carbonyl (C=O) groups is 1. The number of phenolic OH excluding ortho intramolecular Hbond substituents is 1. The van der Waals surface area contributed by atoms with E-state index in [2.05, 4.69) is 23.4 Å². The second-order valence-electron chi connectivity index (χ2n) is 4.91. The molecule has 2 rings (SSSR count). The Labute approximate surface area is 135 Å². The summed E-state index contributed by atoms with van der Waals surface area (Å²) in [6, 6.07) is 3.54. The zero-order chi connectivity index (χ0) is 14.5. The lowest BCUT2D eigenvalue weighted by molar-refractivity contribution is -0.115. The molecule has 1 aliphatic heterocycles. The lowest BCUT2D eigenvalue weighted by atomic mass is 10.0. The third kappa shape index (κ3) is 4.19. The van der Waals surface area contributed by atoms with Gasteiger partial charge in [0.2, 0.25) is 5.91 Å². The van der Waals surface area contributed by atoms with Gasteiger partial charge in [-0.25, -0.2) is 0 Å². The summed E-state index contributed by atoms with van der Waals surface area (Å²) in [5.41, 5.74) is 2.60. The quantitative estimate of drug-likeness (QED) is 0.585. The van der Waals surface area contributed by atoms with Crippen LogP contribution < -0.4 is 5.32 Å². The molecule has 1 aliphatic rings. The van der Waals surface area contributed by atoms with Gasteiger partial charge in [0.1, 0.15) is 5.75 Å². The molecular formula is C16H21BrN2O2. The number of anilines is 1. The van der Waals surface area contributed by atoms with Crippen LogP contribution in [0.2, 0.25) is 0 Å². The third-order valence-corrected chi connectivity index (χ3v) is 3.46. The molecule has 2 N–H and O–H groups in total. The topological polar surface area (TPSA) is 52.6 Å². The molecule has 114 valence electrons. The fourth-order valence-electron chi connectivity index (χ4n) is 2.50. The van der Waals surface area contributed by atoms with Gasteiger partial charge in [-0.2, -0.15) is 0 Å². The van der Waals surface area contributed by atoms with Gasteiger partial charge in [0, 0.05) is 19.6 Å². The van der Waals surface area contributed by atoms with Crippen molar-refractivity contribution in [2.75, 3.05) is 25.0 Å². The molecule has 21 heavy (non-hydrogen) atoms. The SMILES string of the molecule is Br.C=CCN(CC=C)CCc1ccc(O)c2c1CC(=O)N2. The van der Waals surface area contributed by atoms with E-state index in [1.807, 2.05) is 18.2 Å². The minimum atomic E-state index is -0.0585. The van der Waals surface area contributed by atoms with Crippen LogP contribution in [0.3, 0.4) is 0 Å². The molecule has 0 saturated carbocycles.